The molecule has 3 heterocycles. The number of hydrogen-bond acceptors (Lipinski definition) is 7. The number of nitrogens with zero attached hydrogens (tertiary/aromatic N) is 1. The van der Waals surface area contributed by atoms with Gasteiger partial charge in [-0.05, 0) is 59.8 Å². The Labute approximate surface area is 211 Å². The molecule has 5 rings (SSSR count). The summed E-state index contributed by atoms with van der Waals surface area (Å²) in [5.41, 5.74) is 3.11. The van der Waals surface area contributed by atoms with Gasteiger partial charge in [-0.25, -0.2) is 13.4 Å². The van der Waals surface area contributed by atoms with Crippen molar-refractivity contribution in [1.29, 1.82) is 0 Å². The van der Waals surface area contributed by atoms with Crippen LogP contribution in [0.4, 0.5) is 5.69 Å². The zero-order valence-corrected chi connectivity index (χ0v) is 21.3. The minimum absolute atomic E-state index is 0.130. The Morgan fingerprint density at radius 1 is 1.17 bits per heavy atom. The van der Waals surface area contributed by atoms with Crippen LogP contribution in [0.2, 0.25) is 5.15 Å². The summed E-state index contributed by atoms with van der Waals surface area (Å²) in [6.45, 7) is 2.46. The molecule has 0 saturated carbocycles. The second kappa shape index (κ2) is 9.23. The molecule has 1 aliphatic heterocycles. The largest absolute Gasteiger partial charge is 0.439 e. The number of aryl methyl sites for hydroxylation is 1. The topological polar surface area (TPSA) is 94.6 Å². The number of aromatic nitrogens is 1. The van der Waals surface area contributed by atoms with Crippen LogP contribution in [0.3, 0.4) is 0 Å². The molecule has 7 nitrogen and oxygen atoms in total. The van der Waals surface area contributed by atoms with Crippen molar-refractivity contribution in [3.05, 3.63) is 81.3 Å². The number of amides is 1. The lowest BCUT2D eigenvalue weighted by Crippen LogP contribution is -2.23. The van der Waals surface area contributed by atoms with Crippen molar-refractivity contribution in [3.8, 4) is 11.6 Å². The smallest absolute Gasteiger partial charge is 0.265 e. The number of halogens is 1. The predicted octanol–water partition coefficient (Wildman–Crippen LogP) is 5.92. The van der Waals surface area contributed by atoms with Gasteiger partial charge in [-0.1, -0.05) is 29.3 Å². The van der Waals surface area contributed by atoms with Crippen LogP contribution < -0.4 is 10.1 Å². The molecule has 0 saturated heterocycles. The van der Waals surface area contributed by atoms with Gasteiger partial charge >= 0.3 is 0 Å². The summed E-state index contributed by atoms with van der Waals surface area (Å²) in [7, 11) is -3.32. The molecule has 180 valence electrons. The van der Waals surface area contributed by atoms with E-state index < -0.39 is 15.1 Å². The highest BCUT2D eigenvalue weighted by atomic mass is 35.5. The molecule has 0 spiro atoms. The van der Waals surface area contributed by atoms with Gasteiger partial charge < -0.3 is 14.8 Å². The lowest BCUT2D eigenvalue weighted by molar-refractivity contribution is 0.103. The number of ether oxygens (including phenoxy) is 2. The molecule has 1 atom stereocenters. The Hall–Kier alpha value is -2.98. The van der Waals surface area contributed by atoms with Crippen molar-refractivity contribution in [2.24, 2.45) is 0 Å². The second-order valence-electron chi connectivity index (χ2n) is 8.42. The molecule has 4 aromatic rings. The molecule has 1 aliphatic rings. The number of thiophene rings is 1. The molecule has 2 aromatic carbocycles. The number of nitrogens with one attached hydrogen (secondary N) is 1. The second-order valence-corrected chi connectivity index (χ2v) is 12.1. The van der Waals surface area contributed by atoms with Crippen molar-refractivity contribution in [2.75, 3.05) is 18.2 Å². The fourth-order valence-corrected chi connectivity index (χ4v) is 6.15. The molecule has 1 unspecified atom stereocenters. The zero-order chi connectivity index (χ0) is 24.7. The van der Waals surface area contributed by atoms with Crippen LogP contribution in [0.5, 0.6) is 11.6 Å². The summed E-state index contributed by atoms with van der Waals surface area (Å²) in [6, 6.07) is 16.2. The van der Waals surface area contributed by atoms with E-state index >= 15 is 0 Å². The minimum Gasteiger partial charge on any atom is -0.439 e. The quantitative estimate of drug-likeness (QED) is 0.323. The number of benzene rings is 2. The van der Waals surface area contributed by atoms with Crippen molar-refractivity contribution in [2.45, 2.75) is 18.8 Å². The maximum absolute atomic E-state index is 13.0. The van der Waals surface area contributed by atoms with Crippen LogP contribution in [-0.2, 0) is 21.2 Å². The first-order valence-corrected chi connectivity index (χ1v) is 13.9. The van der Waals surface area contributed by atoms with E-state index in [0.717, 1.165) is 26.8 Å². The van der Waals surface area contributed by atoms with E-state index in [-0.39, 0.29) is 23.5 Å². The Bertz CT molecular complexity index is 1550. The highest BCUT2D eigenvalue weighted by Crippen LogP contribution is 2.37. The Morgan fingerprint density at radius 3 is 2.69 bits per heavy atom. The lowest BCUT2D eigenvalue weighted by Gasteiger charge is -2.24. The summed E-state index contributed by atoms with van der Waals surface area (Å²) < 4.78 is 36.6. The van der Waals surface area contributed by atoms with E-state index in [1.807, 2.05) is 43.3 Å². The van der Waals surface area contributed by atoms with Gasteiger partial charge in [0.1, 0.15) is 16.2 Å². The lowest BCUT2D eigenvalue weighted by atomic mass is 10.0. The van der Waals surface area contributed by atoms with E-state index in [1.165, 1.54) is 17.6 Å². The van der Waals surface area contributed by atoms with Crippen molar-refractivity contribution in [3.63, 3.8) is 0 Å². The van der Waals surface area contributed by atoms with Crippen LogP contribution in [0.1, 0.15) is 31.6 Å². The Morgan fingerprint density at radius 2 is 1.94 bits per heavy atom. The third-order valence-corrected chi connectivity index (χ3v) is 8.38. The van der Waals surface area contributed by atoms with Crippen LogP contribution in [0.25, 0.3) is 10.1 Å². The number of sulfone groups is 1. The SMILES string of the molecule is Cc1ccc(Oc2cc(NC(=O)c3cc4cc5c(cc4s3)COCC5S(C)(=O)=O)cc(Cl)n2)cc1. The van der Waals surface area contributed by atoms with E-state index in [0.29, 0.717) is 22.9 Å². The van der Waals surface area contributed by atoms with E-state index in [2.05, 4.69) is 10.3 Å². The molecular weight excluding hydrogens is 508 g/mol. The summed E-state index contributed by atoms with van der Waals surface area (Å²) in [5.74, 6) is 0.545. The number of hydrogen-bond donors (Lipinski definition) is 1. The van der Waals surface area contributed by atoms with Crippen molar-refractivity contribution < 1.29 is 22.7 Å². The normalized spacial score (nSPS) is 15.6. The van der Waals surface area contributed by atoms with Crippen molar-refractivity contribution in [1.82, 2.24) is 4.98 Å². The maximum atomic E-state index is 13.0. The Balaban J connectivity index is 1.40. The third kappa shape index (κ3) is 5.18. The fourth-order valence-electron chi connectivity index (χ4n) is 3.92. The highest BCUT2D eigenvalue weighted by Gasteiger charge is 2.30. The van der Waals surface area contributed by atoms with Gasteiger partial charge in [0.25, 0.3) is 5.91 Å². The van der Waals surface area contributed by atoms with Gasteiger partial charge in [0.2, 0.25) is 5.88 Å². The van der Waals surface area contributed by atoms with E-state index in [1.54, 1.807) is 18.2 Å². The summed E-state index contributed by atoms with van der Waals surface area (Å²) in [5, 5.41) is 3.13. The molecule has 1 amide bonds. The molecule has 1 N–H and O–H groups in total. The summed E-state index contributed by atoms with van der Waals surface area (Å²) >= 11 is 7.48. The van der Waals surface area contributed by atoms with Crippen molar-refractivity contribution >= 4 is 54.5 Å². The van der Waals surface area contributed by atoms with Gasteiger partial charge in [0.15, 0.2) is 9.84 Å². The Kier molecular flexibility index (Phi) is 6.27. The first-order valence-electron chi connectivity index (χ1n) is 10.7. The maximum Gasteiger partial charge on any atom is 0.265 e. The average Bonchev–Trinajstić information content (AvgIpc) is 3.21. The van der Waals surface area contributed by atoms with Crippen LogP contribution >= 0.6 is 22.9 Å². The number of carbonyl (C=O) groups excluding carboxylic acids is 1. The fraction of sp³-hybridized carbons (Fsp3) is 0.200. The number of carbonyl (C=O) groups is 1. The van der Waals surface area contributed by atoms with Gasteiger partial charge in [-0.3, -0.25) is 4.79 Å². The number of rotatable bonds is 5. The summed E-state index contributed by atoms with van der Waals surface area (Å²) in [4.78, 5) is 17.7. The molecule has 2 aromatic heterocycles. The van der Waals surface area contributed by atoms with Gasteiger partial charge in [0.05, 0.1) is 18.1 Å². The standard InChI is InChI=1S/C25H21ClN2O5S2/c1-14-3-5-18(6-4-14)33-24-11-17(10-23(26)28-24)27-25(29)21-8-15-7-19-16(9-20(15)34-21)12-32-13-22(19)35(2,30)31/h3-11,22H,12-13H2,1-2H3,(H,27,28,29). The monoisotopic (exact) mass is 528 g/mol. The number of pyridine rings is 1. The van der Waals surface area contributed by atoms with E-state index in [9.17, 15) is 13.2 Å². The average molecular weight is 529 g/mol. The molecule has 0 bridgehead atoms. The predicted molar refractivity (Wildman–Crippen MR) is 138 cm³/mol. The minimum atomic E-state index is -3.32. The van der Waals surface area contributed by atoms with Crippen LogP contribution in [-0.4, -0.2) is 32.2 Å². The molecule has 0 fully saturated rings. The first-order chi connectivity index (χ1) is 16.7. The number of anilines is 1. The van der Waals surface area contributed by atoms with Crippen LogP contribution in [0, 0.1) is 6.92 Å². The number of fused-ring (bicyclic) bond motifs is 2. The molecular formula is C25H21ClN2O5S2. The third-order valence-electron chi connectivity index (χ3n) is 5.66. The molecule has 0 aliphatic carbocycles. The molecule has 35 heavy (non-hydrogen) atoms. The van der Waals surface area contributed by atoms with Gasteiger partial charge in [-0.15, -0.1) is 11.3 Å². The zero-order valence-electron chi connectivity index (χ0n) is 18.9. The van der Waals surface area contributed by atoms with Gasteiger partial charge in [-0.2, -0.15) is 0 Å². The highest BCUT2D eigenvalue weighted by molar-refractivity contribution is 7.91. The summed E-state index contributed by atoms with van der Waals surface area (Å²) in [6.07, 6.45) is 1.21. The first kappa shape index (κ1) is 23.7. The molecule has 10 heteroatoms. The molecule has 0 radical (unpaired) electrons. The van der Waals surface area contributed by atoms with E-state index in [4.69, 9.17) is 21.1 Å². The van der Waals surface area contributed by atoms with Crippen LogP contribution in [0.15, 0.2) is 54.6 Å². The van der Waals surface area contributed by atoms with Gasteiger partial charge in [0, 0.05) is 22.7 Å².